The zero-order valence-electron chi connectivity index (χ0n) is 26.1. The molecule has 36 heavy (non-hydrogen) atoms. The Labute approximate surface area is 245 Å². The molecule has 0 saturated carbocycles. The molecule has 1 aliphatic rings. The molecule has 0 aliphatic carbocycles. The Morgan fingerprint density at radius 2 is 1.33 bits per heavy atom. The zero-order valence-corrected chi connectivity index (χ0v) is 30.2. The minimum absolute atomic E-state index is 0. The van der Waals surface area contributed by atoms with E-state index in [1.165, 1.54) is 12.6 Å². The molecule has 7 heteroatoms. The second-order valence-corrected chi connectivity index (χ2v) is 19.8. The molecule has 0 amide bonds. The quantitative estimate of drug-likeness (QED) is 0.228. The van der Waals surface area contributed by atoms with E-state index >= 15 is 0 Å². The molecule has 220 valence electrons. The Bertz CT molecular complexity index is 734. The molecular formula is C29H64N4P2Pt. The van der Waals surface area contributed by atoms with Crippen molar-refractivity contribution in [1.29, 1.82) is 0 Å². The Hall–Kier alpha value is 0.0983. The predicted molar refractivity (Wildman–Crippen MR) is 170 cm³/mol. The largest absolute Gasteiger partial charge is 0.358 e. The van der Waals surface area contributed by atoms with Crippen LogP contribution in [0.4, 0.5) is 0 Å². The van der Waals surface area contributed by atoms with Crippen molar-refractivity contribution in [3.05, 3.63) is 46.0 Å². The first-order valence-electron chi connectivity index (χ1n) is 12.0. The SMILES string of the molecule is C.CP(CN1C=CN(C(C)(C)C)C1)C(C)(C)C.C[PH+](Cn1ccn(C(C)(C)C)[cH+]1)C(C)(C)C.[CH3-].[CH3-].[Pt]. The molecule has 2 unspecified atom stereocenters. The second-order valence-electron chi connectivity index (χ2n) is 13.4. The van der Waals surface area contributed by atoms with Crippen molar-refractivity contribution in [2.24, 2.45) is 0 Å². The van der Waals surface area contributed by atoms with Crippen molar-refractivity contribution < 1.29 is 21.1 Å². The molecule has 2 rings (SSSR count). The van der Waals surface area contributed by atoms with Gasteiger partial charge in [-0.1, -0.05) is 36.1 Å². The first-order chi connectivity index (χ1) is 14.2. The van der Waals surface area contributed by atoms with Gasteiger partial charge in [-0.05, 0) is 74.1 Å². The number of nitrogens with zero attached hydrogens (tertiary/aromatic N) is 4. The van der Waals surface area contributed by atoms with Crippen molar-refractivity contribution in [3.8, 4) is 0 Å². The van der Waals surface area contributed by atoms with E-state index in [1.807, 2.05) is 0 Å². The van der Waals surface area contributed by atoms with Crippen LogP contribution < -0.4 is 0 Å². The predicted octanol–water partition coefficient (Wildman–Crippen LogP) is 9.16. The molecule has 2 heterocycles. The van der Waals surface area contributed by atoms with Gasteiger partial charge in [0.15, 0.2) is 25.0 Å². The summed E-state index contributed by atoms with van der Waals surface area (Å²) < 4.78 is 4.62. The van der Waals surface area contributed by atoms with E-state index in [-0.39, 0.29) is 70.3 Å². The van der Waals surface area contributed by atoms with E-state index in [9.17, 15) is 0 Å². The van der Waals surface area contributed by atoms with E-state index < -0.39 is 0 Å². The van der Waals surface area contributed by atoms with Crippen molar-refractivity contribution >= 4 is 15.8 Å². The maximum atomic E-state index is 2.45. The molecule has 0 fully saturated rings. The molecule has 4 nitrogen and oxygen atoms in total. The summed E-state index contributed by atoms with van der Waals surface area (Å²) in [6.07, 6.45) is 13.5. The first kappa shape index (κ1) is 43.2. The maximum Gasteiger partial charge on any atom is 0.179 e. The monoisotopic (exact) mass is 725 g/mol. The molecule has 1 aromatic rings. The number of aromatic nitrogens is 2. The second kappa shape index (κ2) is 16.3. The summed E-state index contributed by atoms with van der Waals surface area (Å²) in [5.41, 5.74) is 0.428. The van der Waals surface area contributed by atoms with Crippen molar-refractivity contribution in [2.75, 3.05) is 26.3 Å². The summed E-state index contributed by atoms with van der Waals surface area (Å²) in [6.45, 7) is 33.5. The topological polar surface area (TPSA) is 16.3 Å². The van der Waals surface area contributed by atoms with Crippen LogP contribution in [0.2, 0.25) is 0 Å². The fourth-order valence-corrected chi connectivity index (χ4v) is 5.23. The van der Waals surface area contributed by atoms with Gasteiger partial charge in [0.1, 0.15) is 0 Å². The summed E-state index contributed by atoms with van der Waals surface area (Å²) in [6, 6.07) is 0. The van der Waals surface area contributed by atoms with E-state index in [1.54, 1.807) is 0 Å². The average Bonchev–Trinajstić information content (AvgIpc) is 3.22. The van der Waals surface area contributed by atoms with Crippen LogP contribution in [0.5, 0.6) is 0 Å². The Morgan fingerprint density at radius 1 is 0.833 bits per heavy atom. The minimum Gasteiger partial charge on any atom is -0.358 e. The summed E-state index contributed by atoms with van der Waals surface area (Å²) >= 11 is 0. The summed E-state index contributed by atoms with van der Waals surface area (Å²) in [4.78, 5) is 4.85. The van der Waals surface area contributed by atoms with Gasteiger partial charge in [-0.3, -0.25) is 0 Å². The van der Waals surface area contributed by atoms with Gasteiger partial charge in [0.2, 0.25) is 0 Å². The fraction of sp³-hybridized carbons (Fsp3) is 0.759. The first-order valence-corrected chi connectivity index (χ1v) is 16.2. The van der Waals surface area contributed by atoms with Gasteiger partial charge in [-0.2, -0.15) is 4.57 Å². The van der Waals surface area contributed by atoms with Crippen LogP contribution >= 0.6 is 15.8 Å². The Morgan fingerprint density at radius 3 is 1.67 bits per heavy atom. The minimum atomic E-state index is -0.339. The average molecular weight is 726 g/mol. The van der Waals surface area contributed by atoms with E-state index in [4.69, 9.17) is 0 Å². The van der Waals surface area contributed by atoms with E-state index in [0.717, 1.165) is 6.67 Å². The normalized spacial score (nSPS) is 15.4. The van der Waals surface area contributed by atoms with Crippen molar-refractivity contribution in [3.63, 3.8) is 0 Å². The van der Waals surface area contributed by atoms with E-state index in [0.29, 0.717) is 10.3 Å². The van der Waals surface area contributed by atoms with Crippen LogP contribution in [0.1, 0.15) is 90.5 Å². The molecule has 1 aliphatic heterocycles. The Balaban J connectivity index is -0.000000256. The van der Waals surface area contributed by atoms with E-state index in [2.05, 4.69) is 146 Å². The van der Waals surface area contributed by atoms with Crippen LogP contribution in [-0.4, -0.2) is 61.1 Å². The maximum absolute atomic E-state index is 2.45. The molecule has 0 radical (unpaired) electrons. The smallest absolute Gasteiger partial charge is 0.179 e. The standard InChI is InChI=1S/C13H27N2P.C13H26N2P.CH4.2CH3.Pt/c2*1-12(2,3)15-9-8-14(10-15)11-16(7)13(4,5)6;;;;/h8-9H,10-11H2,1-7H3;8-10H,11H2,1-7H3;1H4;2*1H3;/q;+1;;2*-1;/p+1. The molecule has 0 aromatic carbocycles. The number of imidazole rings is 1. The molecule has 0 saturated heterocycles. The van der Waals surface area contributed by atoms with Gasteiger partial charge >= 0.3 is 0 Å². The van der Waals surface area contributed by atoms with Crippen LogP contribution in [0.15, 0.2) is 31.1 Å². The molecule has 1 aromatic heterocycles. The molecule has 2 atom stereocenters. The third-order valence-electron chi connectivity index (χ3n) is 6.36. The van der Waals surface area contributed by atoms with Crippen molar-refractivity contribution in [1.82, 2.24) is 18.9 Å². The van der Waals surface area contributed by atoms with Gasteiger partial charge in [0.05, 0.1) is 17.4 Å². The number of hydrogen-bond acceptors (Lipinski definition) is 2. The molecule has 0 N–H and O–H groups in total. The summed E-state index contributed by atoms with van der Waals surface area (Å²) in [7, 11) is -0.279. The fourth-order valence-electron chi connectivity index (χ4n) is 2.87. The van der Waals surface area contributed by atoms with Gasteiger partial charge in [0.25, 0.3) is 0 Å². The third kappa shape index (κ3) is 14.9. The summed E-state index contributed by atoms with van der Waals surface area (Å²) in [5, 5.41) is 0.930. The number of rotatable bonds is 4. The number of hydrogen-bond donors (Lipinski definition) is 0. The van der Waals surface area contributed by atoms with Gasteiger partial charge in [-0.25, -0.2) is 4.57 Å². The van der Waals surface area contributed by atoms with Gasteiger partial charge < -0.3 is 24.7 Å². The Kier molecular flexibility index (Phi) is 19.5. The molecule has 0 spiro atoms. The zero-order chi connectivity index (χ0) is 25.1. The molecule has 0 bridgehead atoms. The third-order valence-corrected chi connectivity index (χ3v) is 12.8. The van der Waals surface area contributed by atoms with Crippen LogP contribution in [-0.2, 0) is 32.9 Å². The van der Waals surface area contributed by atoms with Crippen LogP contribution in [0.3, 0.4) is 0 Å². The van der Waals surface area contributed by atoms with Crippen molar-refractivity contribution in [2.45, 2.75) is 118 Å². The van der Waals surface area contributed by atoms with Crippen LogP contribution in [0.25, 0.3) is 0 Å². The van der Waals surface area contributed by atoms with Gasteiger partial charge in [0, 0.05) is 59.9 Å². The summed E-state index contributed by atoms with van der Waals surface area (Å²) in [5.74, 6) is 0. The molecular weight excluding hydrogens is 661 g/mol. The van der Waals surface area contributed by atoms with Crippen LogP contribution in [0, 0.1) is 14.9 Å². The van der Waals surface area contributed by atoms with Gasteiger partial charge in [-0.15, -0.1) is 0 Å².